The highest BCUT2D eigenvalue weighted by Gasteiger charge is 2.13. The van der Waals surface area contributed by atoms with Crippen molar-refractivity contribution in [2.45, 2.75) is 25.9 Å². The lowest BCUT2D eigenvalue weighted by Gasteiger charge is -2.04. The number of allylic oxidation sites excluding steroid dienone is 1. The number of nitrogens with zero attached hydrogens (tertiary/aromatic N) is 5. The number of hydrogen-bond donors (Lipinski definition) is 2. The van der Waals surface area contributed by atoms with E-state index in [-0.39, 0.29) is 18.0 Å². The molecule has 0 aliphatic rings. The van der Waals surface area contributed by atoms with Crippen LogP contribution in [0, 0.1) is 4.77 Å². The second-order valence-corrected chi connectivity index (χ2v) is 8.19. The number of aromatic amines is 1. The van der Waals surface area contributed by atoms with Crippen LogP contribution in [0.2, 0.25) is 0 Å². The molecule has 3 aromatic heterocycles. The van der Waals surface area contributed by atoms with Gasteiger partial charge in [0, 0.05) is 31.9 Å². The first-order valence-corrected chi connectivity index (χ1v) is 10.9. The molecule has 4 rings (SSSR count). The first kappa shape index (κ1) is 20.9. The molecule has 31 heavy (non-hydrogen) atoms. The summed E-state index contributed by atoms with van der Waals surface area (Å²) in [5, 5.41) is 12.2. The number of para-hydroxylation sites is 2. The van der Waals surface area contributed by atoms with Crippen LogP contribution in [0.15, 0.2) is 47.1 Å². The minimum absolute atomic E-state index is 0.140. The van der Waals surface area contributed by atoms with Crippen LogP contribution < -0.4 is 11.0 Å². The summed E-state index contributed by atoms with van der Waals surface area (Å²) in [6.07, 6.45) is 2.41. The van der Waals surface area contributed by atoms with Crippen LogP contribution in [0.5, 0.6) is 0 Å². The Balaban J connectivity index is 1.40. The number of fused-ring (bicyclic) bond motifs is 1. The van der Waals surface area contributed by atoms with Crippen molar-refractivity contribution in [3.8, 4) is 0 Å². The maximum absolute atomic E-state index is 12.5. The summed E-state index contributed by atoms with van der Waals surface area (Å²) in [7, 11) is 1.73. The smallest absolute Gasteiger partial charge is 0.302 e. The Hall–Kier alpha value is -3.31. The van der Waals surface area contributed by atoms with Crippen LogP contribution in [0.4, 0.5) is 5.13 Å². The number of nitrogens with one attached hydrogen (secondary N) is 2. The van der Waals surface area contributed by atoms with E-state index in [1.54, 1.807) is 22.3 Å². The Bertz CT molecular complexity index is 1370. The van der Waals surface area contributed by atoms with E-state index in [2.05, 4.69) is 27.1 Å². The minimum Gasteiger partial charge on any atom is -0.302 e. The van der Waals surface area contributed by atoms with Gasteiger partial charge in [-0.15, -0.1) is 17.9 Å². The third-order valence-corrected chi connectivity index (χ3v) is 6.02. The molecule has 0 saturated carbocycles. The van der Waals surface area contributed by atoms with E-state index < -0.39 is 0 Å². The zero-order chi connectivity index (χ0) is 22.0. The molecule has 0 saturated heterocycles. The van der Waals surface area contributed by atoms with Crippen LogP contribution in [0.3, 0.4) is 0 Å². The number of thiazole rings is 1. The van der Waals surface area contributed by atoms with E-state index in [9.17, 15) is 9.59 Å². The molecular weight excluding hydrogens is 434 g/mol. The van der Waals surface area contributed by atoms with E-state index >= 15 is 0 Å². The third-order valence-electron chi connectivity index (χ3n) is 4.90. The van der Waals surface area contributed by atoms with Gasteiger partial charge in [0.15, 0.2) is 9.90 Å². The van der Waals surface area contributed by atoms with Crippen LogP contribution in [0.1, 0.15) is 17.9 Å². The summed E-state index contributed by atoms with van der Waals surface area (Å²) in [5.41, 5.74) is 2.29. The molecule has 0 radical (unpaired) electrons. The maximum atomic E-state index is 12.5. The summed E-state index contributed by atoms with van der Waals surface area (Å²) in [4.78, 5) is 29.4. The normalized spacial score (nSPS) is 11.1. The quantitative estimate of drug-likeness (QED) is 0.314. The molecule has 2 N–H and O–H groups in total. The van der Waals surface area contributed by atoms with Gasteiger partial charge in [-0.25, -0.2) is 9.78 Å². The average molecular weight is 456 g/mol. The van der Waals surface area contributed by atoms with Crippen molar-refractivity contribution in [1.29, 1.82) is 0 Å². The number of H-pyrrole nitrogens is 1. The molecule has 4 aromatic rings. The fourth-order valence-electron chi connectivity index (χ4n) is 3.38. The molecule has 160 valence electrons. The number of carbonyl (C=O) groups is 1. The monoisotopic (exact) mass is 455 g/mol. The van der Waals surface area contributed by atoms with Crippen molar-refractivity contribution < 1.29 is 4.79 Å². The van der Waals surface area contributed by atoms with Gasteiger partial charge in [0.2, 0.25) is 5.91 Å². The second-order valence-electron chi connectivity index (χ2n) is 6.95. The Labute approximate surface area is 186 Å². The van der Waals surface area contributed by atoms with E-state index in [0.29, 0.717) is 29.4 Å². The summed E-state index contributed by atoms with van der Waals surface area (Å²) < 4.78 is 5.58. The van der Waals surface area contributed by atoms with Crippen molar-refractivity contribution in [2.75, 3.05) is 5.32 Å². The standard InChI is InChI=1S/C20H21N7O2S2/c1-3-9-27-16(23-24-19(27)30)11-13-12-31-18(21-13)22-17(28)8-10-26-15-7-5-4-6-14(15)25(2)20(26)29/h3-7,12H,1,8-11H2,2H3,(H,24,30)(H,21,22,28). The predicted molar refractivity (Wildman–Crippen MR) is 123 cm³/mol. The molecule has 0 bridgehead atoms. The predicted octanol–water partition coefficient (Wildman–Crippen LogP) is 2.86. The Morgan fingerprint density at radius 2 is 2.10 bits per heavy atom. The molecule has 0 aliphatic heterocycles. The highest BCUT2D eigenvalue weighted by Crippen LogP contribution is 2.18. The van der Waals surface area contributed by atoms with Gasteiger partial charge >= 0.3 is 5.69 Å². The summed E-state index contributed by atoms with van der Waals surface area (Å²) >= 11 is 6.57. The third kappa shape index (κ3) is 4.28. The van der Waals surface area contributed by atoms with Gasteiger partial charge < -0.3 is 5.32 Å². The Morgan fingerprint density at radius 3 is 2.87 bits per heavy atom. The zero-order valence-electron chi connectivity index (χ0n) is 16.9. The minimum atomic E-state index is -0.199. The van der Waals surface area contributed by atoms with Crippen molar-refractivity contribution in [3.05, 3.63) is 69.1 Å². The average Bonchev–Trinajstić information content (AvgIpc) is 3.41. The summed E-state index contributed by atoms with van der Waals surface area (Å²) in [5.74, 6) is 0.554. The van der Waals surface area contributed by atoms with Gasteiger partial charge in [0.05, 0.1) is 23.1 Å². The first-order valence-electron chi connectivity index (χ1n) is 9.61. The van der Waals surface area contributed by atoms with Crippen LogP contribution in [0.25, 0.3) is 11.0 Å². The molecule has 1 aromatic carbocycles. The number of carbonyl (C=O) groups excluding carboxylic acids is 1. The molecule has 0 spiro atoms. The molecule has 3 heterocycles. The fourth-order valence-corrected chi connectivity index (χ4v) is 4.34. The van der Waals surface area contributed by atoms with Gasteiger partial charge in [-0.05, 0) is 24.4 Å². The van der Waals surface area contributed by atoms with Crippen LogP contribution in [-0.4, -0.2) is 34.8 Å². The summed E-state index contributed by atoms with van der Waals surface area (Å²) in [6.45, 7) is 4.59. The summed E-state index contributed by atoms with van der Waals surface area (Å²) in [6, 6.07) is 7.53. The van der Waals surface area contributed by atoms with Crippen molar-refractivity contribution >= 4 is 45.6 Å². The zero-order valence-corrected chi connectivity index (χ0v) is 18.5. The van der Waals surface area contributed by atoms with Gasteiger partial charge in [-0.1, -0.05) is 18.2 Å². The van der Waals surface area contributed by atoms with E-state index in [0.717, 1.165) is 22.6 Å². The Kier molecular flexibility index (Phi) is 5.96. The van der Waals surface area contributed by atoms with Gasteiger partial charge in [0.1, 0.15) is 5.82 Å². The molecule has 1 amide bonds. The van der Waals surface area contributed by atoms with E-state index in [4.69, 9.17) is 12.2 Å². The number of imidazole rings is 1. The first-order chi connectivity index (χ1) is 15.0. The van der Waals surface area contributed by atoms with Gasteiger partial charge in [-0.3, -0.25) is 23.6 Å². The Morgan fingerprint density at radius 1 is 1.32 bits per heavy atom. The van der Waals surface area contributed by atoms with E-state index in [1.165, 1.54) is 11.3 Å². The largest absolute Gasteiger partial charge is 0.328 e. The topological polar surface area (TPSA) is 103 Å². The number of benzene rings is 1. The van der Waals surface area contributed by atoms with Gasteiger partial charge in [-0.2, -0.15) is 5.10 Å². The van der Waals surface area contributed by atoms with Crippen LogP contribution >= 0.6 is 23.6 Å². The number of aryl methyl sites for hydroxylation is 2. The molecule has 0 unspecified atom stereocenters. The lowest BCUT2D eigenvalue weighted by Crippen LogP contribution is -2.24. The number of rotatable bonds is 8. The second kappa shape index (κ2) is 8.82. The maximum Gasteiger partial charge on any atom is 0.328 e. The molecule has 11 heteroatoms. The molecule has 0 aliphatic carbocycles. The highest BCUT2D eigenvalue weighted by molar-refractivity contribution is 7.71. The van der Waals surface area contributed by atoms with Crippen LogP contribution in [-0.2, 0) is 31.4 Å². The number of anilines is 1. The van der Waals surface area contributed by atoms with Crippen molar-refractivity contribution in [2.24, 2.45) is 7.05 Å². The lowest BCUT2D eigenvalue weighted by molar-refractivity contribution is -0.116. The molecule has 9 nitrogen and oxygen atoms in total. The highest BCUT2D eigenvalue weighted by atomic mass is 32.1. The van der Waals surface area contributed by atoms with E-state index in [1.807, 2.05) is 34.2 Å². The number of amides is 1. The number of aromatic nitrogens is 6. The molecule has 0 fully saturated rings. The SMILES string of the molecule is C=CCn1c(Cc2csc(NC(=O)CCn3c(=O)n(C)c4ccccc43)n2)n[nH]c1=S. The molecule has 0 atom stereocenters. The molecular formula is C20H21N7O2S2. The van der Waals surface area contributed by atoms with Gasteiger partial charge in [0.25, 0.3) is 0 Å². The number of hydrogen-bond acceptors (Lipinski definition) is 6. The lowest BCUT2D eigenvalue weighted by atomic mass is 10.3. The fraction of sp³-hybridized carbons (Fsp3) is 0.250. The van der Waals surface area contributed by atoms with Crippen molar-refractivity contribution in [3.63, 3.8) is 0 Å². The van der Waals surface area contributed by atoms with Crippen molar-refractivity contribution in [1.82, 2.24) is 28.9 Å².